The molecular formula is C18H24N4O. The second kappa shape index (κ2) is 7.42. The molecule has 1 fully saturated rings. The van der Waals surface area contributed by atoms with Crippen LogP contribution in [0.1, 0.15) is 13.8 Å². The molecule has 0 amide bonds. The van der Waals surface area contributed by atoms with Crippen molar-refractivity contribution in [3.05, 3.63) is 36.4 Å². The summed E-state index contributed by atoms with van der Waals surface area (Å²) in [7, 11) is 0. The lowest BCUT2D eigenvalue weighted by Gasteiger charge is -2.29. The predicted octanol–water partition coefficient (Wildman–Crippen LogP) is 2.83. The first-order valence-electron chi connectivity index (χ1n) is 8.34. The van der Waals surface area contributed by atoms with Crippen molar-refractivity contribution in [2.24, 2.45) is 0 Å². The maximum atomic E-state index is 5.46. The van der Waals surface area contributed by atoms with Crippen LogP contribution in [0.25, 0.3) is 11.4 Å². The third kappa shape index (κ3) is 3.62. The highest BCUT2D eigenvalue weighted by molar-refractivity contribution is 5.62. The van der Waals surface area contributed by atoms with Crippen molar-refractivity contribution < 1.29 is 4.74 Å². The van der Waals surface area contributed by atoms with E-state index in [2.05, 4.69) is 41.8 Å². The topological polar surface area (TPSA) is 41.5 Å². The summed E-state index contributed by atoms with van der Waals surface area (Å²) in [6.07, 6.45) is 0. The van der Waals surface area contributed by atoms with E-state index in [-0.39, 0.29) is 0 Å². The number of ether oxygens (including phenoxy) is 1. The highest BCUT2D eigenvalue weighted by Crippen LogP contribution is 2.25. The first-order valence-corrected chi connectivity index (χ1v) is 8.34. The normalized spacial score (nSPS) is 14.8. The van der Waals surface area contributed by atoms with Gasteiger partial charge in [0.2, 0.25) is 0 Å². The molecule has 1 aliphatic heterocycles. The van der Waals surface area contributed by atoms with E-state index in [9.17, 15) is 0 Å². The molecule has 5 heteroatoms. The Balaban J connectivity index is 2.02. The minimum atomic E-state index is 0.755. The molecule has 23 heavy (non-hydrogen) atoms. The van der Waals surface area contributed by atoms with Gasteiger partial charge in [0.1, 0.15) is 11.6 Å². The number of rotatable bonds is 5. The van der Waals surface area contributed by atoms with Crippen LogP contribution in [0.15, 0.2) is 36.4 Å². The molecule has 0 aliphatic carbocycles. The Kier molecular flexibility index (Phi) is 5.08. The maximum Gasteiger partial charge on any atom is 0.163 e. The molecule has 5 nitrogen and oxygen atoms in total. The van der Waals surface area contributed by atoms with Gasteiger partial charge in [-0.25, -0.2) is 9.97 Å². The fourth-order valence-corrected chi connectivity index (χ4v) is 2.80. The van der Waals surface area contributed by atoms with Crippen molar-refractivity contribution in [1.82, 2.24) is 9.97 Å². The monoisotopic (exact) mass is 312 g/mol. The van der Waals surface area contributed by atoms with Crippen LogP contribution in [0, 0.1) is 0 Å². The summed E-state index contributed by atoms with van der Waals surface area (Å²) in [5, 5.41) is 0. The molecule has 2 heterocycles. The quantitative estimate of drug-likeness (QED) is 0.849. The van der Waals surface area contributed by atoms with Gasteiger partial charge in [0, 0.05) is 37.8 Å². The molecule has 0 saturated carbocycles. The zero-order valence-electron chi connectivity index (χ0n) is 13.9. The second-order valence-corrected chi connectivity index (χ2v) is 5.55. The van der Waals surface area contributed by atoms with Gasteiger partial charge in [-0.15, -0.1) is 0 Å². The van der Waals surface area contributed by atoms with Gasteiger partial charge in [-0.3, -0.25) is 0 Å². The molecule has 0 unspecified atom stereocenters. The highest BCUT2D eigenvalue weighted by Gasteiger charge is 2.17. The minimum Gasteiger partial charge on any atom is -0.378 e. The lowest BCUT2D eigenvalue weighted by molar-refractivity contribution is 0.122. The van der Waals surface area contributed by atoms with E-state index in [1.807, 2.05) is 18.2 Å². The Morgan fingerprint density at radius 1 is 1.04 bits per heavy atom. The molecule has 2 aromatic rings. The largest absolute Gasteiger partial charge is 0.378 e. The number of aromatic nitrogens is 2. The summed E-state index contributed by atoms with van der Waals surface area (Å²) in [5.41, 5.74) is 1.05. The molecule has 1 saturated heterocycles. The van der Waals surface area contributed by atoms with Crippen LogP contribution < -0.4 is 9.80 Å². The highest BCUT2D eigenvalue weighted by atomic mass is 16.5. The Bertz CT molecular complexity index is 622. The summed E-state index contributed by atoms with van der Waals surface area (Å²) in [6, 6.07) is 12.3. The molecule has 0 N–H and O–H groups in total. The standard InChI is InChI=1S/C18H24N4O/c1-3-21(4-2)16-14-17(22-10-12-23-13-11-22)20-18(19-16)15-8-6-5-7-9-15/h5-9,14H,3-4,10-13H2,1-2H3. The van der Waals surface area contributed by atoms with Crippen LogP contribution in [0.3, 0.4) is 0 Å². The first-order chi connectivity index (χ1) is 11.3. The minimum absolute atomic E-state index is 0.755. The van der Waals surface area contributed by atoms with Crippen molar-refractivity contribution >= 4 is 11.6 Å². The van der Waals surface area contributed by atoms with Gasteiger partial charge in [0.15, 0.2) is 5.82 Å². The molecule has 3 rings (SSSR count). The van der Waals surface area contributed by atoms with Gasteiger partial charge in [0.25, 0.3) is 0 Å². The number of hydrogen-bond acceptors (Lipinski definition) is 5. The lowest BCUT2D eigenvalue weighted by atomic mass is 10.2. The molecule has 0 spiro atoms. The van der Waals surface area contributed by atoms with E-state index < -0.39 is 0 Å². The van der Waals surface area contributed by atoms with Crippen molar-refractivity contribution in [3.63, 3.8) is 0 Å². The second-order valence-electron chi connectivity index (χ2n) is 5.55. The average molecular weight is 312 g/mol. The molecule has 1 aromatic heterocycles. The van der Waals surface area contributed by atoms with Gasteiger partial charge >= 0.3 is 0 Å². The summed E-state index contributed by atoms with van der Waals surface area (Å²) in [4.78, 5) is 14.2. The summed E-state index contributed by atoms with van der Waals surface area (Å²) in [6.45, 7) is 9.45. The number of anilines is 2. The molecule has 1 aliphatic rings. The molecule has 0 radical (unpaired) electrons. The van der Waals surface area contributed by atoms with Crippen LogP contribution in [0.2, 0.25) is 0 Å². The zero-order valence-corrected chi connectivity index (χ0v) is 13.9. The lowest BCUT2D eigenvalue weighted by Crippen LogP contribution is -2.37. The Hall–Kier alpha value is -2.14. The van der Waals surface area contributed by atoms with Gasteiger partial charge in [-0.05, 0) is 13.8 Å². The van der Waals surface area contributed by atoms with E-state index in [0.29, 0.717) is 0 Å². The van der Waals surface area contributed by atoms with E-state index in [1.165, 1.54) is 0 Å². The van der Waals surface area contributed by atoms with Crippen LogP contribution in [0.4, 0.5) is 11.6 Å². The van der Waals surface area contributed by atoms with Gasteiger partial charge in [0.05, 0.1) is 13.2 Å². The Labute approximate surface area is 137 Å². The summed E-state index contributed by atoms with van der Waals surface area (Å²) >= 11 is 0. The van der Waals surface area contributed by atoms with E-state index in [1.54, 1.807) is 0 Å². The van der Waals surface area contributed by atoms with Crippen molar-refractivity contribution in [3.8, 4) is 11.4 Å². The zero-order chi connectivity index (χ0) is 16.1. The van der Waals surface area contributed by atoms with Gasteiger partial charge in [-0.2, -0.15) is 0 Å². The smallest absolute Gasteiger partial charge is 0.163 e. The maximum absolute atomic E-state index is 5.46. The molecule has 1 aromatic carbocycles. The van der Waals surface area contributed by atoms with Gasteiger partial charge < -0.3 is 14.5 Å². The summed E-state index contributed by atoms with van der Waals surface area (Å²) in [5.74, 6) is 2.77. The number of morpholine rings is 1. The molecule has 0 bridgehead atoms. The van der Waals surface area contributed by atoms with E-state index in [0.717, 1.165) is 62.4 Å². The Morgan fingerprint density at radius 3 is 2.39 bits per heavy atom. The first kappa shape index (κ1) is 15.7. The van der Waals surface area contributed by atoms with Crippen LogP contribution in [-0.2, 0) is 4.74 Å². The van der Waals surface area contributed by atoms with E-state index in [4.69, 9.17) is 14.7 Å². The van der Waals surface area contributed by atoms with E-state index >= 15 is 0 Å². The number of hydrogen-bond donors (Lipinski definition) is 0. The SMILES string of the molecule is CCN(CC)c1cc(N2CCOCC2)nc(-c2ccccc2)n1. The predicted molar refractivity (Wildman–Crippen MR) is 94.1 cm³/mol. The fourth-order valence-electron chi connectivity index (χ4n) is 2.80. The van der Waals surface area contributed by atoms with Crippen LogP contribution in [0.5, 0.6) is 0 Å². The number of benzene rings is 1. The summed E-state index contributed by atoms with van der Waals surface area (Å²) < 4.78 is 5.46. The Morgan fingerprint density at radius 2 is 1.74 bits per heavy atom. The molecule has 122 valence electrons. The third-order valence-electron chi connectivity index (χ3n) is 4.15. The van der Waals surface area contributed by atoms with Crippen molar-refractivity contribution in [2.45, 2.75) is 13.8 Å². The number of nitrogens with zero attached hydrogens (tertiary/aromatic N) is 4. The van der Waals surface area contributed by atoms with Crippen LogP contribution >= 0.6 is 0 Å². The van der Waals surface area contributed by atoms with Crippen molar-refractivity contribution in [1.29, 1.82) is 0 Å². The molecular weight excluding hydrogens is 288 g/mol. The molecule has 0 atom stereocenters. The fraction of sp³-hybridized carbons (Fsp3) is 0.444. The van der Waals surface area contributed by atoms with Gasteiger partial charge in [-0.1, -0.05) is 30.3 Å². The van der Waals surface area contributed by atoms with Crippen LogP contribution in [-0.4, -0.2) is 49.4 Å². The third-order valence-corrected chi connectivity index (χ3v) is 4.15. The van der Waals surface area contributed by atoms with Crippen molar-refractivity contribution in [2.75, 3.05) is 49.2 Å². The average Bonchev–Trinajstić information content (AvgIpc) is 2.64.